The highest BCUT2D eigenvalue weighted by molar-refractivity contribution is 7.13. The second-order valence-electron chi connectivity index (χ2n) is 4.64. The predicted octanol–water partition coefficient (Wildman–Crippen LogP) is 3.88. The molecular weight excluding hydrogens is 284 g/mol. The van der Waals surface area contributed by atoms with E-state index in [-0.39, 0.29) is 5.56 Å². The molecule has 0 saturated carbocycles. The van der Waals surface area contributed by atoms with Crippen LogP contribution in [-0.4, -0.2) is 21.0 Å². The number of carboxylic acids is 1. The van der Waals surface area contributed by atoms with Crippen LogP contribution in [0.2, 0.25) is 0 Å². The standard InChI is InChI=1S/C16H12N2O2S/c1-10-3-2-4-11(7-10)14-9-21-15(18-14)13-8-12(16(19)20)5-6-17-13/h2-9H,1H3,(H,19,20). The summed E-state index contributed by atoms with van der Waals surface area (Å²) in [5.41, 5.74) is 3.90. The maximum Gasteiger partial charge on any atom is 0.335 e. The average Bonchev–Trinajstić information content (AvgIpc) is 2.97. The van der Waals surface area contributed by atoms with E-state index >= 15 is 0 Å². The highest BCUT2D eigenvalue weighted by Gasteiger charge is 2.10. The first-order valence-corrected chi connectivity index (χ1v) is 7.24. The van der Waals surface area contributed by atoms with Crippen LogP contribution >= 0.6 is 11.3 Å². The second kappa shape index (κ2) is 5.46. The number of aromatic carboxylic acids is 1. The zero-order valence-corrected chi connectivity index (χ0v) is 12.1. The first-order valence-electron chi connectivity index (χ1n) is 6.36. The van der Waals surface area contributed by atoms with Gasteiger partial charge in [-0.15, -0.1) is 11.3 Å². The van der Waals surface area contributed by atoms with E-state index < -0.39 is 5.97 Å². The van der Waals surface area contributed by atoms with Crippen LogP contribution in [0.15, 0.2) is 48.0 Å². The van der Waals surface area contributed by atoms with Gasteiger partial charge in [0.2, 0.25) is 0 Å². The second-order valence-corrected chi connectivity index (χ2v) is 5.50. The van der Waals surface area contributed by atoms with Gasteiger partial charge >= 0.3 is 5.97 Å². The van der Waals surface area contributed by atoms with Crippen molar-refractivity contribution in [3.63, 3.8) is 0 Å². The van der Waals surface area contributed by atoms with Gasteiger partial charge in [-0.1, -0.05) is 23.8 Å². The Labute approximate surface area is 125 Å². The SMILES string of the molecule is Cc1cccc(-c2csc(-c3cc(C(=O)O)ccn3)n2)c1. The summed E-state index contributed by atoms with van der Waals surface area (Å²) in [6, 6.07) is 11.1. The molecule has 0 aliphatic rings. The summed E-state index contributed by atoms with van der Waals surface area (Å²) in [6.45, 7) is 2.04. The third-order valence-corrected chi connectivity index (χ3v) is 3.91. The fraction of sp³-hybridized carbons (Fsp3) is 0.0625. The number of carbonyl (C=O) groups is 1. The van der Waals surface area contributed by atoms with Crippen molar-refractivity contribution in [3.05, 3.63) is 59.1 Å². The summed E-state index contributed by atoms with van der Waals surface area (Å²) in [7, 11) is 0. The quantitative estimate of drug-likeness (QED) is 0.796. The van der Waals surface area contributed by atoms with Gasteiger partial charge in [-0.25, -0.2) is 9.78 Å². The Morgan fingerprint density at radius 3 is 2.81 bits per heavy atom. The molecule has 3 aromatic rings. The molecule has 4 nitrogen and oxygen atoms in total. The number of rotatable bonds is 3. The molecule has 0 bridgehead atoms. The van der Waals surface area contributed by atoms with Gasteiger partial charge in [0.1, 0.15) is 5.01 Å². The van der Waals surface area contributed by atoms with E-state index in [1.807, 2.05) is 30.5 Å². The Kier molecular flexibility index (Phi) is 3.50. The fourth-order valence-corrected chi connectivity index (χ4v) is 2.80. The molecule has 104 valence electrons. The molecule has 0 aliphatic heterocycles. The monoisotopic (exact) mass is 296 g/mol. The Bertz CT molecular complexity index is 811. The van der Waals surface area contributed by atoms with Crippen LogP contribution in [0.5, 0.6) is 0 Å². The molecule has 1 N–H and O–H groups in total. The predicted molar refractivity (Wildman–Crippen MR) is 82.5 cm³/mol. The van der Waals surface area contributed by atoms with Crippen molar-refractivity contribution in [1.82, 2.24) is 9.97 Å². The lowest BCUT2D eigenvalue weighted by Crippen LogP contribution is -1.97. The molecule has 0 atom stereocenters. The largest absolute Gasteiger partial charge is 0.478 e. The molecule has 0 radical (unpaired) electrons. The van der Waals surface area contributed by atoms with Crippen LogP contribution in [0.1, 0.15) is 15.9 Å². The number of nitrogens with zero attached hydrogens (tertiary/aromatic N) is 2. The summed E-state index contributed by atoms with van der Waals surface area (Å²) in [5.74, 6) is -0.964. The van der Waals surface area contributed by atoms with E-state index in [9.17, 15) is 4.79 Å². The Morgan fingerprint density at radius 2 is 2.05 bits per heavy atom. The number of hydrogen-bond donors (Lipinski definition) is 1. The molecule has 0 amide bonds. The molecule has 3 rings (SSSR count). The molecule has 0 spiro atoms. The van der Waals surface area contributed by atoms with Crippen molar-refractivity contribution in [1.29, 1.82) is 0 Å². The number of thiazole rings is 1. The van der Waals surface area contributed by atoms with Crippen LogP contribution in [0.4, 0.5) is 0 Å². The minimum Gasteiger partial charge on any atom is -0.478 e. The summed E-state index contributed by atoms with van der Waals surface area (Å²) in [6.07, 6.45) is 1.49. The molecular formula is C16H12N2O2S. The summed E-state index contributed by atoms with van der Waals surface area (Å²) in [5, 5.41) is 11.7. The van der Waals surface area contributed by atoms with Gasteiger partial charge in [-0.3, -0.25) is 4.98 Å². The first-order chi connectivity index (χ1) is 10.1. The lowest BCUT2D eigenvalue weighted by atomic mass is 10.1. The highest BCUT2D eigenvalue weighted by atomic mass is 32.1. The van der Waals surface area contributed by atoms with E-state index in [4.69, 9.17) is 5.11 Å². The van der Waals surface area contributed by atoms with Gasteiger partial charge in [0.25, 0.3) is 0 Å². The third-order valence-electron chi connectivity index (χ3n) is 3.04. The molecule has 5 heteroatoms. The van der Waals surface area contributed by atoms with E-state index in [1.165, 1.54) is 29.2 Å². The van der Waals surface area contributed by atoms with Gasteiger partial charge in [0, 0.05) is 17.1 Å². The number of aromatic nitrogens is 2. The highest BCUT2D eigenvalue weighted by Crippen LogP contribution is 2.28. The minimum absolute atomic E-state index is 0.215. The maximum atomic E-state index is 11.0. The Balaban J connectivity index is 1.98. The summed E-state index contributed by atoms with van der Waals surface area (Å²) in [4.78, 5) is 19.8. The van der Waals surface area contributed by atoms with Gasteiger partial charge < -0.3 is 5.11 Å². The van der Waals surface area contributed by atoms with Crippen LogP contribution < -0.4 is 0 Å². The van der Waals surface area contributed by atoms with Gasteiger partial charge in [-0.2, -0.15) is 0 Å². The van der Waals surface area contributed by atoms with Gasteiger partial charge in [0.05, 0.1) is 17.0 Å². The summed E-state index contributed by atoms with van der Waals surface area (Å²) >= 11 is 1.46. The van der Waals surface area contributed by atoms with Crippen molar-refractivity contribution in [3.8, 4) is 22.0 Å². The molecule has 1 aromatic carbocycles. The zero-order chi connectivity index (χ0) is 14.8. The zero-order valence-electron chi connectivity index (χ0n) is 11.3. The molecule has 0 saturated heterocycles. The normalized spacial score (nSPS) is 10.5. The van der Waals surface area contributed by atoms with Crippen molar-refractivity contribution in [2.75, 3.05) is 0 Å². The van der Waals surface area contributed by atoms with Crippen molar-refractivity contribution in [2.45, 2.75) is 6.92 Å². The number of pyridine rings is 1. The van der Waals surface area contributed by atoms with Gasteiger partial charge in [-0.05, 0) is 25.1 Å². The lowest BCUT2D eigenvalue weighted by molar-refractivity contribution is 0.0697. The van der Waals surface area contributed by atoms with E-state index in [2.05, 4.69) is 16.0 Å². The molecule has 0 fully saturated rings. The van der Waals surface area contributed by atoms with Crippen LogP contribution in [0.25, 0.3) is 22.0 Å². The maximum absolute atomic E-state index is 11.0. The molecule has 21 heavy (non-hydrogen) atoms. The van der Waals surface area contributed by atoms with E-state index in [1.54, 1.807) is 6.07 Å². The van der Waals surface area contributed by atoms with Crippen molar-refractivity contribution >= 4 is 17.3 Å². The topological polar surface area (TPSA) is 63.1 Å². The fourth-order valence-electron chi connectivity index (χ4n) is 2.01. The average molecular weight is 296 g/mol. The van der Waals surface area contributed by atoms with Crippen LogP contribution in [0.3, 0.4) is 0 Å². The Hall–Kier alpha value is -2.53. The summed E-state index contributed by atoms with van der Waals surface area (Å²) < 4.78 is 0. The molecule has 2 heterocycles. The lowest BCUT2D eigenvalue weighted by Gasteiger charge is -1.99. The first kappa shape index (κ1) is 13.5. The number of aryl methyl sites for hydroxylation is 1. The smallest absolute Gasteiger partial charge is 0.335 e. The van der Waals surface area contributed by atoms with E-state index in [0.717, 1.165) is 16.3 Å². The third kappa shape index (κ3) is 2.83. The van der Waals surface area contributed by atoms with Crippen LogP contribution in [-0.2, 0) is 0 Å². The Morgan fingerprint density at radius 1 is 1.19 bits per heavy atom. The van der Waals surface area contributed by atoms with Crippen molar-refractivity contribution in [2.24, 2.45) is 0 Å². The number of benzene rings is 1. The van der Waals surface area contributed by atoms with E-state index in [0.29, 0.717) is 5.69 Å². The number of hydrogen-bond acceptors (Lipinski definition) is 4. The number of carboxylic acid groups (broad SMARTS) is 1. The van der Waals surface area contributed by atoms with Gasteiger partial charge in [0.15, 0.2) is 0 Å². The molecule has 2 aromatic heterocycles. The van der Waals surface area contributed by atoms with Crippen LogP contribution in [0, 0.1) is 6.92 Å². The molecule has 0 aliphatic carbocycles. The van der Waals surface area contributed by atoms with Crippen molar-refractivity contribution < 1.29 is 9.90 Å². The molecule has 0 unspecified atom stereocenters. The minimum atomic E-state index is -0.964.